The van der Waals surface area contributed by atoms with Crippen molar-refractivity contribution < 1.29 is 33.4 Å². The minimum Gasteiger partial charge on any atom is -0.465 e. The molecule has 4 aromatic rings. The average Bonchev–Trinajstić information content (AvgIpc) is 3.51. The normalized spacial score (nSPS) is 11.6. The van der Waals surface area contributed by atoms with E-state index in [4.69, 9.17) is 14.2 Å². The number of nitrogens with one attached hydrogen (secondary N) is 2. The first-order valence-corrected chi connectivity index (χ1v) is 13.5. The van der Waals surface area contributed by atoms with Crippen LogP contribution in [0.15, 0.2) is 42.5 Å². The lowest BCUT2D eigenvalue weighted by Gasteiger charge is -2.16. The average molecular weight is 564 g/mol. The molecular formula is C29H29N3O7S. The zero-order valence-corrected chi connectivity index (χ0v) is 23.6. The van der Waals surface area contributed by atoms with Gasteiger partial charge in [-0.1, -0.05) is 36.8 Å². The predicted octanol–water partition coefficient (Wildman–Crippen LogP) is 5.45. The van der Waals surface area contributed by atoms with Gasteiger partial charge in [-0.3, -0.25) is 4.79 Å². The Hall–Kier alpha value is -4.51. The van der Waals surface area contributed by atoms with Crippen LogP contribution in [0.1, 0.15) is 61.8 Å². The topological polar surface area (TPSA) is 137 Å². The van der Waals surface area contributed by atoms with Crippen molar-refractivity contribution in [3.63, 3.8) is 0 Å². The molecule has 2 heterocycles. The highest BCUT2D eigenvalue weighted by molar-refractivity contribution is 7.18. The predicted molar refractivity (Wildman–Crippen MR) is 151 cm³/mol. The number of benzene rings is 2. The third kappa shape index (κ3) is 5.89. The minimum atomic E-state index is -1.16. The second-order valence-corrected chi connectivity index (χ2v) is 9.97. The van der Waals surface area contributed by atoms with Gasteiger partial charge in [-0.25, -0.2) is 19.4 Å². The fourth-order valence-corrected chi connectivity index (χ4v) is 5.13. The van der Waals surface area contributed by atoms with Gasteiger partial charge in [0.15, 0.2) is 6.10 Å². The number of methoxy groups -OCH3 is 1. The summed E-state index contributed by atoms with van der Waals surface area (Å²) in [6, 6.07) is 12.8. The van der Waals surface area contributed by atoms with Crippen molar-refractivity contribution >= 4 is 51.2 Å². The molecule has 0 saturated heterocycles. The van der Waals surface area contributed by atoms with Crippen molar-refractivity contribution in [3.8, 4) is 11.4 Å². The maximum absolute atomic E-state index is 13.1. The molecule has 0 aliphatic carbocycles. The van der Waals surface area contributed by atoms with Gasteiger partial charge >= 0.3 is 17.9 Å². The van der Waals surface area contributed by atoms with Crippen molar-refractivity contribution in [3.05, 3.63) is 69.6 Å². The van der Waals surface area contributed by atoms with Crippen LogP contribution in [0.5, 0.6) is 0 Å². The summed E-state index contributed by atoms with van der Waals surface area (Å²) in [7, 11) is 1.20. The molecule has 0 aliphatic heterocycles. The summed E-state index contributed by atoms with van der Waals surface area (Å²) in [6.45, 7) is 7.07. The van der Waals surface area contributed by atoms with Crippen LogP contribution in [0.2, 0.25) is 0 Å². The lowest BCUT2D eigenvalue weighted by Crippen LogP contribution is -2.32. The number of H-pyrrole nitrogens is 1. The molecule has 0 fully saturated rings. The lowest BCUT2D eigenvalue weighted by atomic mass is 10.1. The molecule has 2 N–H and O–H groups in total. The number of hydrogen-bond acceptors (Lipinski definition) is 9. The minimum absolute atomic E-state index is 0.0409. The van der Waals surface area contributed by atoms with Gasteiger partial charge < -0.3 is 24.5 Å². The Morgan fingerprint density at radius 1 is 1.00 bits per heavy atom. The highest BCUT2D eigenvalue weighted by Crippen LogP contribution is 2.34. The number of imidazole rings is 1. The largest absolute Gasteiger partial charge is 0.465 e. The van der Waals surface area contributed by atoms with E-state index >= 15 is 0 Å². The van der Waals surface area contributed by atoms with Crippen molar-refractivity contribution in [2.24, 2.45) is 0 Å². The van der Waals surface area contributed by atoms with E-state index in [0.29, 0.717) is 22.4 Å². The fraction of sp³-hybridized carbons (Fsp3) is 0.276. The number of rotatable bonds is 9. The van der Waals surface area contributed by atoms with Crippen LogP contribution in [0.3, 0.4) is 0 Å². The summed E-state index contributed by atoms with van der Waals surface area (Å²) in [4.78, 5) is 58.9. The highest BCUT2D eigenvalue weighted by atomic mass is 32.1. The summed E-state index contributed by atoms with van der Waals surface area (Å²) < 4.78 is 15.4. The number of fused-ring (bicyclic) bond motifs is 1. The second-order valence-electron chi connectivity index (χ2n) is 8.95. The number of esters is 3. The lowest BCUT2D eigenvalue weighted by molar-refractivity contribution is -0.124. The maximum atomic E-state index is 13.1. The molecule has 4 rings (SSSR count). The van der Waals surface area contributed by atoms with Gasteiger partial charge in [-0.05, 0) is 51.0 Å². The number of thiophene rings is 1. The Bertz CT molecular complexity index is 1590. The first-order chi connectivity index (χ1) is 19.2. The maximum Gasteiger partial charge on any atom is 0.348 e. The van der Waals surface area contributed by atoms with E-state index in [1.54, 1.807) is 39.0 Å². The van der Waals surface area contributed by atoms with E-state index in [1.807, 2.05) is 31.2 Å². The van der Waals surface area contributed by atoms with Crippen molar-refractivity contribution in [1.29, 1.82) is 0 Å². The van der Waals surface area contributed by atoms with Gasteiger partial charge in [0.1, 0.15) is 15.7 Å². The summed E-state index contributed by atoms with van der Waals surface area (Å²) in [5, 5.41) is 2.73. The number of anilines is 1. The molecule has 40 heavy (non-hydrogen) atoms. The standard InChI is InChI=1S/C29H29N3O7S/c1-6-21(25(33)32-26-22(28(35)37-5)16(4)23(40-26)29(36)38-7-2)39-27(34)18-12-13-19-20(14-18)31-24(30-19)17-10-8-15(3)9-11-17/h8-14,21H,6-7H2,1-5H3,(H,30,31)(H,32,33). The van der Waals surface area contributed by atoms with Crippen molar-refractivity contribution in [2.45, 2.75) is 40.2 Å². The molecule has 0 aliphatic rings. The van der Waals surface area contributed by atoms with Crippen LogP contribution in [0, 0.1) is 13.8 Å². The molecular weight excluding hydrogens is 534 g/mol. The van der Waals surface area contributed by atoms with E-state index < -0.39 is 29.9 Å². The molecule has 0 bridgehead atoms. The molecule has 1 atom stereocenters. The number of hydrogen-bond donors (Lipinski definition) is 2. The van der Waals surface area contributed by atoms with E-state index in [-0.39, 0.29) is 34.0 Å². The van der Waals surface area contributed by atoms with Crippen molar-refractivity contribution in [2.75, 3.05) is 19.0 Å². The SMILES string of the molecule is CCOC(=O)c1sc(NC(=O)C(CC)OC(=O)c2ccc3nc(-c4ccc(C)cc4)[nH]c3c2)c(C(=O)OC)c1C. The van der Waals surface area contributed by atoms with Crippen LogP contribution in [-0.2, 0) is 19.0 Å². The fourth-order valence-electron chi connectivity index (χ4n) is 4.04. The number of nitrogens with zero attached hydrogens (tertiary/aromatic N) is 1. The number of carbonyl (C=O) groups excluding carboxylic acids is 4. The Kier molecular flexibility index (Phi) is 8.64. The van der Waals surface area contributed by atoms with Gasteiger partial charge in [0, 0.05) is 5.56 Å². The molecule has 208 valence electrons. The van der Waals surface area contributed by atoms with Gasteiger partial charge in [0.2, 0.25) is 0 Å². The summed E-state index contributed by atoms with van der Waals surface area (Å²) in [6.07, 6.45) is -0.989. The number of aryl methyl sites for hydroxylation is 1. The molecule has 0 spiro atoms. The Morgan fingerprint density at radius 2 is 1.73 bits per heavy atom. The Morgan fingerprint density at radius 3 is 2.38 bits per heavy atom. The summed E-state index contributed by atoms with van der Waals surface area (Å²) >= 11 is 0.893. The molecule has 0 radical (unpaired) electrons. The van der Waals surface area contributed by atoms with Gasteiger partial charge in [0.25, 0.3) is 5.91 Å². The third-order valence-corrected chi connectivity index (χ3v) is 7.38. The van der Waals surface area contributed by atoms with Gasteiger partial charge in [0.05, 0.1) is 35.9 Å². The number of aromatic amines is 1. The Balaban J connectivity index is 1.53. The van der Waals surface area contributed by atoms with Crippen LogP contribution in [0.4, 0.5) is 5.00 Å². The van der Waals surface area contributed by atoms with Crippen LogP contribution in [-0.4, -0.2) is 53.6 Å². The quantitative estimate of drug-likeness (QED) is 0.203. The monoisotopic (exact) mass is 563 g/mol. The second kappa shape index (κ2) is 12.1. The summed E-state index contributed by atoms with van der Waals surface area (Å²) in [5.74, 6) is -2.02. The van der Waals surface area contributed by atoms with E-state index in [2.05, 4.69) is 15.3 Å². The molecule has 1 amide bonds. The number of carbonyl (C=O) groups is 4. The van der Waals surface area contributed by atoms with E-state index in [9.17, 15) is 19.2 Å². The van der Waals surface area contributed by atoms with Crippen LogP contribution < -0.4 is 5.32 Å². The smallest absolute Gasteiger partial charge is 0.348 e. The molecule has 0 saturated carbocycles. The summed E-state index contributed by atoms with van der Waals surface area (Å²) in [5.41, 5.74) is 3.98. The first kappa shape index (κ1) is 28.5. The van der Waals surface area contributed by atoms with Crippen LogP contribution in [0.25, 0.3) is 22.4 Å². The zero-order valence-electron chi connectivity index (χ0n) is 22.7. The third-order valence-electron chi connectivity index (χ3n) is 6.19. The molecule has 2 aromatic heterocycles. The number of amides is 1. The van der Waals surface area contributed by atoms with E-state index in [0.717, 1.165) is 22.5 Å². The Labute approximate surface area is 234 Å². The number of aromatic nitrogens is 2. The molecule has 2 aromatic carbocycles. The number of ether oxygens (including phenoxy) is 3. The van der Waals surface area contributed by atoms with E-state index in [1.165, 1.54) is 7.11 Å². The highest BCUT2D eigenvalue weighted by Gasteiger charge is 2.29. The van der Waals surface area contributed by atoms with Gasteiger partial charge in [-0.15, -0.1) is 11.3 Å². The van der Waals surface area contributed by atoms with Gasteiger partial charge in [-0.2, -0.15) is 0 Å². The van der Waals surface area contributed by atoms with Crippen molar-refractivity contribution in [1.82, 2.24) is 9.97 Å². The molecule has 10 nitrogen and oxygen atoms in total. The zero-order chi connectivity index (χ0) is 29.0. The first-order valence-electron chi connectivity index (χ1n) is 12.6. The molecule has 1 unspecified atom stereocenters. The van der Waals surface area contributed by atoms with Crippen LogP contribution >= 0.6 is 11.3 Å². The molecule has 11 heteroatoms.